The molecule has 12 rings (SSSR count). The van der Waals surface area contributed by atoms with Crippen LogP contribution in [0.1, 0.15) is 0 Å². The van der Waals surface area contributed by atoms with Gasteiger partial charge in [-0.1, -0.05) is 231 Å². The van der Waals surface area contributed by atoms with Crippen LogP contribution in [0, 0.1) is 7.14 Å². The third-order valence-electron chi connectivity index (χ3n) is 12.6. The fourth-order valence-corrected chi connectivity index (χ4v) is 9.45. The van der Waals surface area contributed by atoms with Gasteiger partial charge in [0.2, 0.25) is 0 Å². The van der Waals surface area contributed by atoms with Gasteiger partial charge >= 0.3 is 0 Å². The second kappa shape index (κ2) is 23.4. The first-order valence-corrected chi connectivity index (χ1v) is 26.2. The van der Waals surface area contributed by atoms with Gasteiger partial charge in [0.25, 0.3) is 0 Å². The number of hydrogen-bond acceptors (Lipinski definition) is 2. The van der Waals surface area contributed by atoms with Crippen molar-refractivity contribution < 1.29 is 0 Å². The quantitative estimate of drug-likeness (QED) is 0.141. The summed E-state index contributed by atoms with van der Waals surface area (Å²) in [7, 11) is 0. The number of rotatable bonds is 9. The van der Waals surface area contributed by atoms with E-state index in [2.05, 4.69) is 335 Å². The maximum Gasteiger partial charge on any atom is 0.0463 e. The lowest BCUT2D eigenvalue weighted by molar-refractivity contribution is 1.55. The van der Waals surface area contributed by atoms with Crippen molar-refractivity contribution >= 4 is 89.5 Å². The molecule has 2 nitrogen and oxygen atoms in total. The summed E-state index contributed by atoms with van der Waals surface area (Å²) in [5.41, 5.74) is 16.9. The summed E-state index contributed by atoms with van der Waals surface area (Å²) in [6, 6.07) is 102. The zero-order valence-corrected chi connectivity index (χ0v) is 43.8. The Bertz CT molecular complexity index is 3560. The largest absolute Gasteiger partial charge is 0.355 e. The Hall–Kier alpha value is -7.78. The third-order valence-corrected chi connectivity index (χ3v) is 14.0. The summed E-state index contributed by atoms with van der Waals surface area (Å²) in [6.07, 6.45) is 0. The maximum atomic E-state index is 3.56. The predicted molar refractivity (Wildman–Crippen MR) is 326 cm³/mol. The van der Waals surface area contributed by atoms with Gasteiger partial charge in [-0.25, -0.2) is 0 Å². The van der Waals surface area contributed by atoms with Crippen LogP contribution in [0.5, 0.6) is 0 Å². The zero-order chi connectivity index (χ0) is 48.9. The number of halogens is 2. The highest BCUT2D eigenvalue weighted by Crippen LogP contribution is 2.32. The van der Waals surface area contributed by atoms with Gasteiger partial charge < -0.3 is 10.6 Å². The van der Waals surface area contributed by atoms with E-state index in [0.717, 1.165) is 22.7 Å². The predicted octanol–water partition coefficient (Wildman–Crippen LogP) is 20.4. The molecule has 0 aromatic heterocycles. The average Bonchev–Trinajstić information content (AvgIpc) is 3.45. The van der Waals surface area contributed by atoms with Gasteiger partial charge in [0.1, 0.15) is 0 Å². The normalized spacial score (nSPS) is 10.6. The molecular formula is C68H50I2N2. The molecule has 2 N–H and O–H groups in total. The van der Waals surface area contributed by atoms with Crippen LogP contribution in [-0.2, 0) is 0 Å². The minimum absolute atomic E-state index is 1.09. The monoisotopic (exact) mass is 1150 g/mol. The molecule has 0 aliphatic rings. The van der Waals surface area contributed by atoms with Gasteiger partial charge in [-0.15, -0.1) is 0 Å². The molecule has 12 aromatic rings. The number of benzene rings is 12. The molecular weight excluding hydrogens is 1100 g/mol. The Morgan fingerprint density at radius 1 is 0.194 bits per heavy atom. The Morgan fingerprint density at radius 2 is 0.431 bits per heavy atom. The minimum atomic E-state index is 1.09. The van der Waals surface area contributed by atoms with Gasteiger partial charge in [0, 0.05) is 40.7 Å². The van der Waals surface area contributed by atoms with Crippen LogP contribution in [0.15, 0.2) is 291 Å². The molecule has 0 aliphatic carbocycles. The summed E-state index contributed by atoms with van der Waals surface area (Å²) in [5, 5.41) is 12.0. The fraction of sp³-hybridized carbons (Fsp3) is 0. The summed E-state index contributed by atoms with van der Waals surface area (Å²) >= 11 is 4.66. The SMILES string of the molecule is Ic1ccc(-c2ccc(-c3ccc(I)cc3)cc2)cc1.c1ccc(-c2ccc(-c3ccc(Nc4cccc5ccccc45)cc3)cc2)cc1.c1ccc(-c2ccc(Nc3cccc4ccccc34)cc2)cc1. The number of hydrogen-bond donors (Lipinski definition) is 2. The average molecular weight is 1150 g/mol. The van der Waals surface area contributed by atoms with E-state index < -0.39 is 0 Å². The lowest BCUT2D eigenvalue weighted by Crippen LogP contribution is -1.91. The molecule has 0 radical (unpaired) electrons. The molecule has 0 fully saturated rings. The van der Waals surface area contributed by atoms with Crippen molar-refractivity contribution in [1.82, 2.24) is 0 Å². The maximum absolute atomic E-state index is 3.56. The molecule has 0 saturated heterocycles. The van der Waals surface area contributed by atoms with Crippen molar-refractivity contribution in [1.29, 1.82) is 0 Å². The number of fused-ring (bicyclic) bond motifs is 2. The molecule has 0 amide bonds. The van der Waals surface area contributed by atoms with Gasteiger partial charge in [-0.3, -0.25) is 0 Å². The molecule has 346 valence electrons. The van der Waals surface area contributed by atoms with Crippen molar-refractivity contribution in [3.63, 3.8) is 0 Å². The van der Waals surface area contributed by atoms with Crippen LogP contribution in [0.2, 0.25) is 0 Å². The van der Waals surface area contributed by atoms with Gasteiger partial charge in [0.05, 0.1) is 0 Å². The Morgan fingerprint density at radius 3 is 0.750 bits per heavy atom. The van der Waals surface area contributed by atoms with E-state index in [-0.39, 0.29) is 0 Å². The van der Waals surface area contributed by atoms with E-state index in [1.54, 1.807) is 0 Å². The molecule has 0 bridgehead atoms. The van der Waals surface area contributed by atoms with E-state index in [1.807, 2.05) is 12.1 Å². The van der Waals surface area contributed by atoms with E-state index >= 15 is 0 Å². The van der Waals surface area contributed by atoms with E-state index in [1.165, 1.54) is 84.3 Å². The number of nitrogens with one attached hydrogen (secondary N) is 2. The Labute approximate surface area is 450 Å². The van der Waals surface area contributed by atoms with Crippen LogP contribution in [0.3, 0.4) is 0 Å². The van der Waals surface area contributed by atoms with Crippen molar-refractivity contribution in [3.05, 3.63) is 298 Å². The van der Waals surface area contributed by atoms with Crippen LogP contribution < -0.4 is 10.6 Å². The lowest BCUT2D eigenvalue weighted by Gasteiger charge is -2.11. The van der Waals surface area contributed by atoms with Gasteiger partial charge in [-0.2, -0.15) is 0 Å². The molecule has 0 atom stereocenters. The Balaban J connectivity index is 0.000000127. The lowest BCUT2D eigenvalue weighted by atomic mass is 10.0. The molecule has 0 spiro atoms. The molecule has 12 aromatic carbocycles. The van der Waals surface area contributed by atoms with Crippen molar-refractivity contribution in [2.24, 2.45) is 0 Å². The molecule has 0 heterocycles. The third kappa shape index (κ3) is 12.2. The minimum Gasteiger partial charge on any atom is -0.355 e. The summed E-state index contributed by atoms with van der Waals surface area (Å²) in [6.45, 7) is 0. The second-order valence-electron chi connectivity index (χ2n) is 17.4. The summed E-state index contributed by atoms with van der Waals surface area (Å²) in [5.74, 6) is 0. The molecule has 72 heavy (non-hydrogen) atoms. The molecule has 0 unspecified atom stereocenters. The van der Waals surface area contributed by atoms with Crippen LogP contribution >= 0.6 is 45.2 Å². The first-order chi connectivity index (χ1) is 35.5. The molecule has 4 heteroatoms. The fourth-order valence-electron chi connectivity index (χ4n) is 8.73. The standard InChI is InChI=1S/C28H21N.C22H17N.C18H12I2/c1-2-7-21(8-3-1)22-13-15-23(16-14-22)24-17-19-26(20-18-24)29-28-12-6-10-25-9-4-5-11-27(25)28;1-2-7-17(8-3-1)18-13-15-20(16-14-18)23-22-12-6-10-19-9-4-5-11-21(19)22;19-17-9-5-15(6-10-17)13-1-2-14(4-3-13)16-7-11-18(20)12-8-16/h1-20,29H;1-16,23H;1-12H. The summed E-state index contributed by atoms with van der Waals surface area (Å²) < 4.78 is 2.53. The van der Waals surface area contributed by atoms with Crippen LogP contribution in [-0.4, -0.2) is 0 Å². The molecule has 0 aliphatic heterocycles. The van der Waals surface area contributed by atoms with Crippen molar-refractivity contribution in [3.8, 4) is 55.6 Å². The summed E-state index contributed by atoms with van der Waals surface area (Å²) in [4.78, 5) is 0. The highest BCUT2D eigenvalue weighted by Gasteiger charge is 2.06. The second-order valence-corrected chi connectivity index (χ2v) is 19.8. The van der Waals surface area contributed by atoms with E-state index in [4.69, 9.17) is 0 Å². The molecule has 0 saturated carbocycles. The van der Waals surface area contributed by atoms with E-state index in [0.29, 0.717) is 0 Å². The van der Waals surface area contributed by atoms with Gasteiger partial charge in [0.15, 0.2) is 0 Å². The van der Waals surface area contributed by atoms with Gasteiger partial charge in [-0.05, 0) is 172 Å². The smallest absolute Gasteiger partial charge is 0.0463 e. The zero-order valence-electron chi connectivity index (χ0n) is 39.5. The number of anilines is 4. The Kier molecular flexibility index (Phi) is 15.6. The highest BCUT2D eigenvalue weighted by atomic mass is 127. The first-order valence-electron chi connectivity index (χ1n) is 24.0. The topological polar surface area (TPSA) is 24.1 Å². The first kappa shape index (κ1) is 47.9. The van der Waals surface area contributed by atoms with Crippen molar-refractivity contribution in [2.45, 2.75) is 0 Å². The highest BCUT2D eigenvalue weighted by molar-refractivity contribution is 14.1. The van der Waals surface area contributed by atoms with Crippen molar-refractivity contribution in [2.75, 3.05) is 10.6 Å². The van der Waals surface area contributed by atoms with E-state index in [9.17, 15) is 0 Å². The van der Waals surface area contributed by atoms with Crippen LogP contribution in [0.4, 0.5) is 22.7 Å². The van der Waals surface area contributed by atoms with Crippen LogP contribution in [0.25, 0.3) is 77.2 Å².